The van der Waals surface area contributed by atoms with Gasteiger partial charge in [-0.15, -0.1) is 0 Å². The fourth-order valence-electron chi connectivity index (χ4n) is 2.20. The number of nitrogens with one attached hydrogen (secondary N) is 1. The minimum atomic E-state index is 0.816. The number of aryl methyl sites for hydroxylation is 1. The maximum atomic E-state index is 4.55. The molecule has 100 valence electrons. The van der Waals surface area contributed by atoms with Gasteiger partial charge in [-0.1, -0.05) is 48.5 Å². The topological polar surface area (TPSA) is 29.9 Å². The summed E-state index contributed by atoms with van der Waals surface area (Å²) in [6, 6.07) is 20.5. The molecule has 0 fully saturated rings. The maximum absolute atomic E-state index is 4.55. The minimum absolute atomic E-state index is 0.816. The molecule has 3 rings (SSSR count). The Balaban J connectivity index is 1.85. The molecule has 0 unspecified atom stereocenters. The largest absolute Gasteiger partial charge is 0.326 e. The summed E-state index contributed by atoms with van der Waals surface area (Å²) in [6.45, 7) is 2.83. The van der Waals surface area contributed by atoms with Gasteiger partial charge in [-0.25, -0.2) is 4.98 Å². The lowest BCUT2D eigenvalue weighted by Gasteiger charge is -2.09. The molecule has 0 aliphatic heterocycles. The first-order chi connectivity index (χ1) is 9.81. The van der Waals surface area contributed by atoms with Crippen molar-refractivity contribution in [2.45, 2.75) is 13.5 Å². The molecular formula is C17H17N3. The molecule has 3 nitrogen and oxygen atoms in total. The number of hydrogen-bond acceptors (Lipinski definition) is 2. The lowest BCUT2D eigenvalue weighted by molar-refractivity contribution is 0.807. The number of benzene rings is 2. The molecular weight excluding hydrogens is 246 g/mol. The third kappa shape index (κ3) is 2.88. The molecule has 1 heterocycles. The smallest absolute Gasteiger partial charge is 0.207 e. The van der Waals surface area contributed by atoms with Crippen LogP contribution in [0.25, 0.3) is 0 Å². The molecule has 0 saturated heterocycles. The summed E-state index contributed by atoms with van der Waals surface area (Å²) in [7, 11) is 0. The van der Waals surface area contributed by atoms with Gasteiger partial charge in [-0.3, -0.25) is 0 Å². The van der Waals surface area contributed by atoms with E-state index in [9.17, 15) is 0 Å². The molecule has 0 aliphatic carbocycles. The van der Waals surface area contributed by atoms with Crippen molar-refractivity contribution in [1.82, 2.24) is 9.55 Å². The molecule has 0 amide bonds. The number of rotatable bonds is 4. The van der Waals surface area contributed by atoms with E-state index in [-0.39, 0.29) is 0 Å². The van der Waals surface area contributed by atoms with E-state index in [1.807, 2.05) is 43.3 Å². The zero-order valence-corrected chi connectivity index (χ0v) is 11.5. The van der Waals surface area contributed by atoms with E-state index in [1.54, 1.807) is 0 Å². The van der Waals surface area contributed by atoms with Gasteiger partial charge in [0.1, 0.15) is 0 Å². The summed E-state index contributed by atoms with van der Waals surface area (Å²) >= 11 is 0. The van der Waals surface area contributed by atoms with Crippen LogP contribution in [0, 0.1) is 6.92 Å². The van der Waals surface area contributed by atoms with Crippen molar-refractivity contribution in [3.8, 4) is 0 Å². The van der Waals surface area contributed by atoms with Crippen molar-refractivity contribution >= 4 is 11.6 Å². The SMILES string of the molecule is Cc1cn(Cc2ccccc2)c(Nc2ccccc2)n1. The molecule has 0 radical (unpaired) electrons. The van der Waals surface area contributed by atoms with Crippen LogP contribution in [0.5, 0.6) is 0 Å². The highest BCUT2D eigenvalue weighted by atomic mass is 15.2. The number of nitrogens with zero attached hydrogens (tertiary/aromatic N) is 2. The van der Waals surface area contributed by atoms with Crippen molar-refractivity contribution in [1.29, 1.82) is 0 Å². The molecule has 3 heteroatoms. The third-order valence-corrected chi connectivity index (χ3v) is 3.12. The zero-order valence-electron chi connectivity index (χ0n) is 11.5. The molecule has 0 saturated carbocycles. The highest BCUT2D eigenvalue weighted by Gasteiger charge is 2.06. The zero-order chi connectivity index (χ0) is 13.8. The van der Waals surface area contributed by atoms with Crippen LogP contribution >= 0.6 is 0 Å². The Kier molecular flexibility index (Phi) is 3.50. The van der Waals surface area contributed by atoms with E-state index in [1.165, 1.54) is 5.56 Å². The van der Waals surface area contributed by atoms with Gasteiger partial charge in [-0.05, 0) is 24.6 Å². The fourth-order valence-corrected chi connectivity index (χ4v) is 2.20. The summed E-state index contributed by atoms with van der Waals surface area (Å²) < 4.78 is 2.14. The van der Waals surface area contributed by atoms with Gasteiger partial charge in [0.25, 0.3) is 0 Å². The standard InChI is InChI=1S/C17H17N3/c1-14-12-20(13-15-8-4-2-5-9-15)17(18-14)19-16-10-6-3-7-11-16/h2-12H,13H2,1H3,(H,18,19). The molecule has 2 aromatic carbocycles. The average molecular weight is 263 g/mol. The van der Waals surface area contributed by atoms with Gasteiger partial charge in [0.05, 0.1) is 12.2 Å². The van der Waals surface area contributed by atoms with E-state index < -0.39 is 0 Å². The first kappa shape index (κ1) is 12.5. The van der Waals surface area contributed by atoms with Crippen LogP contribution in [0.15, 0.2) is 66.9 Å². The highest BCUT2D eigenvalue weighted by molar-refractivity contribution is 5.53. The van der Waals surface area contributed by atoms with Crippen molar-refractivity contribution < 1.29 is 0 Å². The number of para-hydroxylation sites is 1. The van der Waals surface area contributed by atoms with Crippen LogP contribution < -0.4 is 5.32 Å². The first-order valence-corrected chi connectivity index (χ1v) is 6.71. The number of aromatic nitrogens is 2. The van der Waals surface area contributed by atoms with Gasteiger partial charge in [-0.2, -0.15) is 0 Å². The van der Waals surface area contributed by atoms with Crippen molar-refractivity contribution in [2.75, 3.05) is 5.32 Å². The Hall–Kier alpha value is -2.55. The Morgan fingerprint density at radius 3 is 2.30 bits per heavy atom. The Morgan fingerprint density at radius 1 is 0.950 bits per heavy atom. The molecule has 1 N–H and O–H groups in total. The molecule has 0 atom stereocenters. The first-order valence-electron chi connectivity index (χ1n) is 6.71. The van der Waals surface area contributed by atoms with Crippen LogP contribution in [-0.2, 0) is 6.54 Å². The second kappa shape index (κ2) is 5.61. The van der Waals surface area contributed by atoms with Crippen LogP contribution in [0.2, 0.25) is 0 Å². The van der Waals surface area contributed by atoms with E-state index in [4.69, 9.17) is 0 Å². The van der Waals surface area contributed by atoms with Crippen molar-refractivity contribution in [3.63, 3.8) is 0 Å². The predicted octanol–water partition coefficient (Wildman–Crippen LogP) is 3.98. The average Bonchev–Trinajstić information content (AvgIpc) is 2.81. The normalized spacial score (nSPS) is 10.4. The lowest BCUT2D eigenvalue weighted by atomic mass is 10.2. The number of imidazole rings is 1. The maximum Gasteiger partial charge on any atom is 0.207 e. The minimum Gasteiger partial charge on any atom is -0.326 e. The molecule has 0 spiro atoms. The monoisotopic (exact) mass is 263 g/mol. The Bertz CT molecular complexity index is 613. The second-order valence-electron chi connectivity index (χ2n) is 4.81. The summed E-state index contributed by atoms with van der Waals surface area (Å²) in [4.78, 5) is 4.55. The van der Waals surface area contributed by atoms with Gasteiger partial charge in [0, 0.05) is 11.9 Å². The Morgan fingerprint density at radius 2 is 1.60 bits per heavy atom. The van der Waals surface area contributed by atoms with Crippen LogP contribution in [0.1, 0.15) is 11.3 Å². The quantitative estimate of drug-likeness (QED) is 0.771. The summed E-state index contributed by atoms with van der Waals surface area (Å²) in [6.07, 6.45) is 2.07. The number of anilines is 2. The van der Waals surface area contributed by atoms with Gasteiger partial charge in [0.15, 0.2) is 0 Å². The van der Waals surface area contributed by atoms with E-state index >= 15 is 0 Å². The summed E-state index contributed by atoms with van der Waals surface area (Å²) in [5.74, 6) is 0.873. The molecule has 0 bridgehead atoms. The second-order valence-corrected chi connectivity index (χ2v) is 4.81. The van der Waals surface area contributed by atoms with Gasteiger partial charge >= 0.3 is 0 Å². The third-order valence-electron chi connectivity index (χ3n) is 3.12. The lowest BCUT2D eigenvalue weighted by Crippen LogP contribution is -2.04. The van der Waals surface area contributed by atoms with Crippen LogP contribution in [0.4, 0.5) is 11.6 Å². The summed E-state index contributed by atoms with van der Waals surface area (Å²) in [5, 5.41) is 3.37. The number of hydrogen-bond donors (Lipinski definition) is 1. The van der Waals surface area contributed by atoms with Gasteiger partial charge < -0.3 is 9.88 Å². The molecule has 3 aromatic rings. The molecule has 0 aliphatic rings. The Labute approximate surface area is 118 Å². The predicted molar refractivity (Wildman–Crippen MR) is 82.2 cm³/mol. The van der Waals surface area contributed by atoms with Crippen LogP contribution in [0.3, 0.4) is 0 Å². The summed E-state index contributed by atoms with van der Waals surface area (Å²) in [5.41, 5.74) is 3.33. The van der Waals surface area contributed by atoms with Crippen LogP contribution in [-0.4, -0.2) is 9.55 Å². The van der Waals surface area contributed by atoms with Crippen molar-refractivity contribution in [2.24, 2.45) is 0 Å². The van der Waals surface area contributed by atoms with E-state index in [0.717, 1.165) is 23.9 Å². The molecule has 20 heavy (non-hydrogen) atoms. The molecule has 1 aromatic heterocycles. The van der Waals surface area contributed by atoms with E-state index in [0.29, 0.717) is 0 Å². The van der Waals surface area contributed by atoms with E-state index in [2.05, 4.69) is 45.3 Å². The van der Waals surface area contributed by atoms with Gasteiger partial charge in [0.2, 0.25) is 5.95 Å². The fraction of sp³-hybridized carbons (Fsp3) is 0.118. The highest BCUT2D eigenvalue weighted by Crippen LogP contribution is 2.17. The van der Waals surface area contributed by atoms with Crippen molar-refractivity contribution in [3.05, 3.63) is 78.1 Å².